The Labute approximate surface area is 95.3 Å². The highest BCUT2D eigenvalue weighted by molar-refractivity contribution is 9.08. The molecular weight excluding hydrogens is 266 g/mol. The average Bonchev–Trinajstić information content (AvgIpc) is 2.26. The molecule has 0 unspecified atom stereocenters. The number of rotatable bonds is 4. The van der Waals surface area contributed by atoms with Gasteiger partial charge in [-0.15, -0.1) is 0 Å². The van der Waals surface area contributed by atoms with Crippen LogP contribution in [0.1, 0.15) is 5.56 Å². The van der Waals surface area contributed by atoms with Gasteiger partial charge in [-0.05, 0) is 11.6 Å². The molecule has 1 aromatic rings. The molecule has 0 radical (unpaired) electrons. The summed E-state index contributed by atoms with van der Waals surface area (Å²) in [5.41, 5.74) is 0.672. The first kappa shape index (κ1) is 11.8. The van der Waals surface area contributed by atoms with Crippen LogP contribution in [0, 0.1) is 10.1 Å². The largest absolute Gasteiger partial charge is 0.493 e. The number of alkyl halides is 1. The standard InChI is InChI=1S/C9H10BrNO4/c1-14-8-4-6(5-10)3-7(11(12)13)9(8)15-2/h3-4H,5H2,1-2H3. The fourth-order valence-electron chi connectivity index (χ4n) is 1.21. The predicted molar refractivity (Wildman–Crippen MR) is 58.8 cm³/mol. The van der Waals surface area contributed by atoms with Gasteiger partial charge >= 0.3 is 5.69 Å². The molecular formula is C9H10BrNO4. The molecule has 0 aliphatic heterocycles. The molecule has 82 valence electrons. The van der Waals surface area contributed by atoms with E-state index in [1.807, 2.05) is 0 Å². The Kier molecular flexibility index (Phi) is 3.90. The molecule has 1 aromatic carbocycles. The summed E-state index contributed by atoms with van der Waals surface area (Å²) >= 11 is 3.23. The first-order chi connectivity index (χ1) is 7.13. The minimum atomic E-state index is -0.493. The van der Waals surface area contributed by atoms with Crippen LogP contribution in [0.3, 0.4) is 0 Å². The summed E-state index contributed by atoms with van der Waals surface area (Å²) in [6.45, 7) is 0. The van der Waals surface area contributed by atoms with Gasteiger partial charge in [0.2, 0.25) is 5.75 Å². The SMILES string of the molecule is COc1cc(CBr)cc([N+](=O)[O-])c1OC. The lowest BCUT2D eigenvalue weighted by Gasteiger charge is -2.09. The molecule has 0 amide bonds. The maximum atomic E-state index is 10.8. The zero-order valence-electron chi connectivity index (χ0n) is 8.32. The van der Waals surface area contributed by atoms with Crippen LogP contribution in [-0.2, 0) is 5.33 Å². The minimum Gasteiger partial charge on any atom is -0.493 e. The second-order valence-electron chi connectivity index (χ2n) is 2.74. The highest BCUT2D eigenvalue weighted by Gasteiger charge is 2.20. The Balaban J connectivity index is 3.39. The van der Waals surface area contributed by atoms with Gasteiger partial charge in [-0.3, -0.25) is 10.1 Å². The molecule has 0 atom stereocenters. The number of nitro benzene ring substituents is 1. The fourth-order valence-corrected chi connectivity index (χ4v) is 1.54. The number of hydrogen-bond acceptors (Lipinski definition) is 4. The summed E-state index contributed by atoms with van der Waals surface area (Å²) in [4.78, 5) is 10.3. The number of ether oxygens (including phenoxy) is 2. The van der Waals surface area contributed by atoms with Gasteiger partial charge in [0.05, 0.1) is 19.1 Å². The van der Waals surface area contributed by atoms with Crippen LogP contribution in [0.5, 0.6) is 11.5 Å². The van der Waals surface area contributed by atoms with E-state index in [4.69, 9.17) is 9.47 Å². The van der Waals surface area contributed by atoms with E-state index in [-0.39, 0.29) is 11.4 Å². The van der Waals surface area contributed by atoms with E-state index in [9.17, 15) is 10.1 Å². The van der Waals surface area contributed by atoms with Gasteiger partial charge < -0.3 is 9.47 Å². The van der Waals surface area contributed by atoms with Crippen LogP contribution < -0.4 is 9.47 Å². The average molecular weight is 276 g/mol. The molecule has 0 spiro atoms. The lowest BCUT2D eigenvalue weighted by molar-refractivity contribution is -0.385. The van der Waals surface area contributed by atoms with E-state index in [1.54, 1.807) is 6.07 Å². The molecule has 6 heteroatoms. The second-order valence-corrected chi connectivity index (χ2v) is 3.30. The van der Waals surface area contributed by atoms with Crippen molar-refractivity contribution in [3.05, 3.63) is 27.8 Å². The van der Waals surface area contributed by atoms with Gasteiger partial charge in [0.1, 0.15) is 0 Å². The van der Waals surface area contributed by atoms with Gasteiger partial charge in [-0.2, -0.15) is 0 Å². The van der Waals surface area contributed by atoms with Gasteiger partial charge in [0.25, 0.3) is 0 Å². The van der Waals surface area contributed by atoms with Crippen LogP contribution in [-0.4, -0.2) is 19.1 Å². The van der Waals surface area contributed by atoms with Crippen LogP contribution in [0.15, 0.2) is 12.1 Å². The van der Waals surface area contributed by atoms with Crippen molar-refractivity contribution in [2.75, 3.05) is 14.2 Å². The van der Waals surface area contributed by atoms with Crippen LogP contribution in [0.2, 0.25) is 0 Å². The summed E-state index contributed by atoms with van der Waals surface area (Å²) < 4.78 is 9.97. The third-order valence-electron chi connectivity index (χ3n) is 1.87. The van der Waals surface area contributed by atoms with E-state index >= 15 is 0 Å². The summed E-state index contributed by atoms with van der Waals surface area (Å²) in [5, 5.41) is 11.3. The van der Waals surface area contributed by atoms with Gasteiger partial charge in [0, 0.05) is 11.4 Å². The van der Waals surface area contributed by atoms with E-state index in [2.05, 4.69) is 15.9 Å². The fraction of sp³-hybridized carbons (Fsp3) is 0.333. The molecule has 0 N–H and O–H groups in total. The molecule has 0 aliphatic carbocycles. The zero-order chi connectivity index (χ0) is 11.4. The molecule has 0 fully saturated rings. The number of nitrogens with zero attached hydrogens (tertiary/aromatic N) is 1. The Bertz CT molecular complexity index is 381. The van der Waals surface area contributed by atoms with Gasteiger partial charge in [-0.25, -0.2) is 0 Å². The molecule has 5 nitrogen and oxygen atoms in total. The maximum Gasteiger partial charge on any atom is 0.315 e. The Morgan fingerprint density at radius 3 is 2.47 bits per heavy atom. The summed E-state index contributed by atoms with van der Waals surface area (Å²) in [5.74, 6) is 0.508. The molecule has 0 heterocycles. The summed E-state index contributed by atoms with van der Waals surface area (Å²) in [6, 6.07) is 3.15. The lowest BCUT2D eigenvalue weighted by Crippen LogP contribution is -1.98. The number of nitro groups is 1. The molecule has 15 heavy (non-hydrogen) atoms. The number of halogens is 1. The lowest BCUT2D eigenvalue weighted by atomic mass is 10.2. The molecule has 0 saturated carbocycles. The van der Waals surface area contributed by atoms with Crippen molar-refractivity contribution in [1.82, 2.24) is 0 Å². The normalized spacial score (nSPS) is 9.80. The van der Waals surface area contributed by atoms with E-state index in [0.717, 1.165) is 5.56 Å². The maximum absolute atomic E-state index is 10.8. The predicted octanol–water partition coefficient (Wildman–Crippen LogP) is 2.51. The summed E-state index contributed by atoms with van der Waals surface area (Å²) in [7, 11) is 2.82. The molecule has 0 bridgehead atoms. The quantitative estimate of drug-likeness (QED) is 0.481. The number of benzene rings is 1. The van der Waals surface area contributed by atoms with Crippen molar-refractivity contribution in [3.63, 3.8) is 0 Å². The third-order valence-corrected chi connectivity index (χ3v) is 2.52. The Morgan fingerprint density at radius 1 is 1.40 bits per heavy atom. The first-order valence-corrected chi connectivity index (χ1v) is 5.21. The van der Waals surface area contributed by atoms with E-state index in [0.29, 0.717) is 11.1 Å². The van der Waals surface area contributed by atoms with Crippen molar-refractivity contribution in [3.8, 4) is 11.5 Å². The second kappa shape index (κ2) is 4.97. The summed E-state index contributed by atoms with van der Waals surface area (Å²) in [6.07, 6.45) is 0. The Morgan fingerprint density at radius 2 is 2.07 bits per heavy atom. The topological polar surface area (TPSA) is 61.6 Å². The van der Waals surface area contributed by atoms with Crippen LogP contribution >= 0.6 is 15.9 Å². The highest BCUT2D eigenvalue weighted by Crippen LogP contribution is 2.38. The smallest absolute Gasteiger partial charge is 0.315 e. The number of hydrogen-bond donors (Lipinski definition) is 0. The molecule has 0 saturated heterocycles. The van der Waals surface area contributed by atoms with Crippen molar-refractivity contribution in [1.29, 1.82) is 0 Å². The van der Waals surface area contributed by atoms with Crippen molar-refractivity contribution < 1.29 is 14.4 Å². The zero-order valence-corrected chi connectivity index (χ0v) is 9.91. The van der Waals surface area contributed by atoms with Gasteiger partial charge in [-0.1, -0.05) is 15.9 Å². The molecule has 0 aliphatic rings. The third kappa shape index (κ3) is 2.38. The molecule has 0 aromatic heterocycles. The minimum absolute atomic E-state index is 0.0914. The first-order valence-electron chi connectivity index (χ1n) is 4.09. The van der Waals surface area contributed by atoms with Crippen molar-refractivity contribution >= 4 is 21.6 Å². The van der Waals surface area contributed by atoms with Crippen LogP contribution in [0.25, 0.3) is 0 Å². The number of methoxy groups -OCH3 is 2. The van der Waals surface area contributed by atoms with Gasteiger partial charge in [0.15, 0.2) is 5.75 Å². The highest BCUT2D eigenvalue weighted by atomic mass is 79.9. The van der Waals surface area contributed by atoms with E-state index < -0.39 is 4.92 Å². The van der Waals surface area contributed by atoms with E-state index in [1.165, 1.54) is 20.3 Å². The van der Waals surface area contributed by atoms with Crippen molar-refractivity contribution in [2.45, 2.75) is 5.33 Å². The monoisotopic (exact) mass is 275 g/mol. The van der Waals surface area contributed by atoms with Crippen LogP contribution in [0.4, 0.5) is 5.69 Å². The Hall–Kier alpha value is -1.30. The van der Waals surface area contributed by atoms with Crippen molar-refractivity contribution in [2.24, 2.45) is 0 Å². The molecule has 1 rings (SSSR count).